The van der Waals surface area contributed by atoms with Crippen LogP contribution in [0.1, 0.15) is 65.9 Å². The lowest BCUT2D eigenvalue weighted by molar-refractivity contribution is -0.156. The van der Waals surface area contributed by atoms with Crippen molar-refractivity contribution < 1.29 is 9.59 Å². The summed E-state index contributed by atoms with van der Waals surface area (Å²) in [6, 6.07) is 7.76. The number of carbonyl (C=O) groups excluding carboxylic acids is 2. The highest BCUT2D eigenvalue weighted by Crippen LogP contribution is 2.37. The van der Waals surface area contributed by atoms with Crippen LogP contribution in [0.15, 0.2) is 24.3 Å². The van der Waals surface area contributed by atoms with E-state index in [1.165, 1.54) is 5.56 Å². The number of nitrogens with two attached hydrogens (primary N) is 1. The maximum Gasteiger partial charge on any atom is 0.313 e. The van der Waals surface area contributed by atoms with Gasteiger partial charge in [-0.2, -0.15) is 0 Å². The van der Waals surface area contributed by atoms with Crippen molar-refractivity contribution in [2.45, 2.75) is 83.8 Å². The van der Waals surface area contributed by atoms with E-state index in [1.54, 1.807) is 4.90 Å². The first-order valence-electron chi connectivity index (χ1n) is 9.57. The molecular formula is C21H33N3O2. The zero-order valence-electron chi connectivity index (χ0n) is 16.8. The molecular weight excluding hydrogens is 326 g/mol. The van der Waals surface area contributed by atoms with Gasteiger partial charge in [-0.05, 0) is 71.1 Å². The summed E-state index contributed by atoms with van der Waals surface area (Å²) in [4.78, 5) is 27.2. The minimum Gasteiger partial charge on any atom is -0.328 e. The minimum atomic E-state index is -0.595. The average molecular weight is 360 g/mol. The Morgan fingerprint density at radius 3 is 2.15 bits per heavy atom. The highest BCUT2D eigenvalue weighted by molar-refractivity contribution is 6.39. The topological polar surface area (TPSA) is 75.4 Å². The highest BCUT2D eigenvalue weighted by atomic mass is 16.2. The number of likely N-dealkylation sites (tertiary alicyclic amines) is 1. The van der Waals surface area contributed by atoms with Gasteiger partial charge >= 0.3 is 11.8 Å². The second-order valence-corrected chi connectivity index (χ2v) is 8.69. The van der Waals surface area contributed by atoms with Crippen molar-refractivity contribution in [3.05, 3.63) is 29.8 Å². The van der Waals surface area contributed by atoms with E-state index >= 15 is 0 Å². The van der Waals surface area contributed by atoms with Crippen LogP contribution in [0.25, 0.3) is 0 Å². The largest absolute Gasteiger partial charge is 0.328 e. The van der Waals surface area contributed by atoms with E-state index in [0.717, 1.165) is 19.3 Å². The summed E-state index contributed by atoms with van der Waals surface area (Å²) in [5.41, 5.74) is 7.13. The molecule has 0 radical (unpaired) electrons. The van der Waals surface area contributed by atoms with Crippen molar-refractivity contribution in [3.63, 3.8) is 0 Å². The third kappa shape index (κ3) is 4.64. The summed E-state index contributed by atoms with van der Waals surface area (Å²) in [6.45, 7) is 10.1. The SMILES string of the molecule is CCCCc1ccc(NC(=O)C(=O)N2C(C)(C)CC(N)CC2(C)C)cc1. The Hall–Kier alpha value is -1.88. The molecule has 0 aliphatic carbocycles. The van der Waals surface area contributed by atoms with Crippen molar-refractivity contribution in [2.24, 2.45) is 5.73 Å². The van der Waals surface area contributed by atoms with Crippen LogP contribution in [0.5, 0.6) is 0 Å². The van der Waals surface area contributed by atoms with Gasteiger partial charge < -0.3 is 16.0 Å². The number of anilines is 1. The number of hydrogen-bond donors (Lipinski definition) is 2. The second kappa shape index (κ2) is 7.78. The predicted molar refractivity (Wildman–Crippen MR) is 106 cm³/mol. The molecule has 1 aliphatic heterocycles. The number of nitrogens with zero attached hydrogens (tertiary/aromatic N) is 1. The van der Waals surface area contributed by atoms with Gasteiger partial charge in [-0.25, -0.2) is 0 Å². The lowest BCUT2D eigenvalue weighted by Crippen LogP contribution is -2.66. The number of carbonyl (C=O) groups is 2. The van der Waals surface area contributed by atoms with Gasteiger partial charge in [-0.1, -0.05) is 25.5 Å². The molecule has 0 bridgehead atoms. The Morgan fingerprint density at radius 2 is 1.65 bits per heavy atom. The fourth-order valence-electron chi connectivity index (χ4n) is 4.33. The van der Waals surface area contributed by atoms with Crippen LogP contribution in [0.2, 0.25) is 0 Å². The fourth-order valence-corrected chi connectivity index (χ4v) is 4.33. The van der Waals surface area contributed by atoms with E-state index in [2.05, 4.69) is 12.2 Å². The summed E-state index contributed by atoms with van der Waals surface area (Å²) in [6.07, 6.45) is 4.69. The Labute approximate surface area is 157 Å². The van der Waals surface area contributed by atoms with E-state index in [1.807, 2.05) is 52.0 Å². The van der Waals surface area contributed by atoms with E-state index in [-0.39, 0.29) is 6.04 Å². The predicted octanol–water partition coefficient (Wildman–Crippen LogP) is 3.47. The van der Waals surface area contributed by atoms with Gasteiger partial charge in [0.15, 0.2) is 0 Å². The molecule has 3 N–H and O–H groups in total. The first kappa shape index (κ1) is 20.4. The van der Waals surface area contributed by atoms with Gasteiger partial charge in [0.1, 0.15) is 0 Å². The molecule has 5 nitrogen and oxygen atoms in total. The molecule has 1 aromatic carbocycles. The van der Waals surface area contributed by atoms with Gasteiger partial charge in [0, 0.05) is 22.8 Å². The van der Waals surface area contributed by atoms with Crippen molar-refractivity contribution in [2.75, 3.05) is 5.32 Å². The summed E-state index contributed by atoms with van der Waals surface area (Å²) in [5.74, 6) is -1.09. The van der Waals surface area contributed by atoms with Crippen molar-refractivity contribution in [1.82, 2.24) is 4.90 Å². The summed E-state index contributed by atoms with van der Waals surface area (Å²) < 4.78 is 0. The van der Waals surface area contributed by atoms with Crippen LogP contribution in [0.4, 0.5) is 5.69 Å². The molecule has 0 spiro atoms. The van der Waals surface area contributed by atoms with Crippen LogP contribution in [-0.2, 0) is 16.0 Å². The lowest BCUT2D eigenvalue weighted by Gasteiger charge is -2.54. The molecule has 144 valence electrons. The van der Waals surface area contributed by atoms with E-state index in [9.17, 15) is 9.59 Å². The van der Waals surface area contributed by atoms with Crippen LogP contribution in [0.3, 0.4) is 0 Å². The Kier molecular flexibility index (Phi) is 6.12. The van der Waals surface area contributed by atoms with Crippen LogP contribution >= 0.6 is 0 Å². The molecule has 0 aromatic heterocycles. The number of amides is 2. The van der Waals surface area contributed by atoms with Gasteiger partial charge in [-0.15, -0.1) is 0 Å². The molecule has 26 heavy (non-hydrogen) atoms. The van der Waals surface area contributed by atoms with Crippen molar-refractivity contribution in [3.8, 4) is 0 Å². The van der Waals surface area contributed by atoms with Crippen LogP contribution in [-0.4, -0.2) is 33.8 Å². The van der Waals surface area contributed by atoms with E-state index in [4.69, 9.17) is 5.73 Å². The maximum atomic E-state index is 12.9. The van der Waals surface area contributed by atoms with Gasteiger partial charge in [0.05, 0.1) is 0 Å². The van der Waals surface area contributed by atoms with Crippen molar-refractivity contribution >= 4 is 17.5 Å². The maximum absolute atomic E-state index is 12.9. The number of nitrogens with one attached hydrogen (secondary N) is 1. The van der Waals surface area contributed by atoms with E-state index < -0.39 is 22.9 Å². The zero-order valence-corrected chi connectivity index (χ0v) is 16.8. The summed E-state index contributed by atoms with van der Waals surface area (Å²) in [5, 5.41) is 2.75. The molecule has 1 fully saturated rings. The molecule has 1 aromatic rings. The summed E-state index contributed by atoms with van der Waals surface area (Å²) in [7, 11) is 0. The van der Waals surface area contributed by atoms with Crippen LogP contribution < -0.4 is 11.1 Å². The van der Waals surface area contributed by atoms with Gasteiger partial charge in [0.25, 0.3) is 0 Å². The quantitative estimate of drug-likeness (QED) is 0.808. The molecule has 0 unspecified atom stereocenters. The molecule has 1 saturated heterocycles. The molecule has 1 heterocycles. The smallest absolute Gasteiger partial charge is 0.313 e. The number of aryl methyl sites for hydroxylation is 1. The molecule has 2 rings (SSSR count). The molecule has 0 saturated carbocycles. The fraction of sp³-hybridized carbons (Fsp3) is 0.619. The molecule has 1 aliphatic rings. The van der Waals surface area contributed by atoms with E-state index in [0.29, 0.717) is 18.5 Å². The third-order valence-electron chi connectivity index (χ3n) is 5.16. The first-order valence-corrected chi connectivity index (χ1v) is 9.57. The number of unbranched alkanes of at least 4 members (excludes halogenated alkanes) is 1. The molecule has 0 atom stereocenters. The first-order chi connectivity index (χ1) is 12.1. The Morgan fingerprint density at radius 1 is 1.12 bits per heavy atom. The Bertz CT molecular complexity index is 632. The monoisotopic (exact) mass is 359 g/mol. The number of piperidine rings is 1. The minimum absolute atomic E-state index is 0.0303. The Balaban J connectivity index is 2.10. The van der Waals surface area contributed by atoms with Gasteiger partial charge in [0.2, 0.25) is 0 Å². The second-order valence-electron chi connectivity index (χ2n) is 8.69. The summed E-state index contributed by atoms with van der Waals surface area (Å²) >= 11 is 0. The number of rotatable bonds is 4. The number of hydrogen-bond acceptors (Lipinski definition) is 3. The average Bonchev–Trinajstić information content (AvgIpc) is 2.51. The normalized spacial score (nSPS) is 19.2. The van der Waals surface area contributed by atoms with Gasteiger partial charge in [-0.3, -0.25) is 9.59 Å². The number of benzene rings is 1. The third-order valence-corrected chi connectivity index (χ3v) is 5.16. The zero-order chi connectivity index (χ0) is 19.5. The highest BCUT2D eigenvalue weighted by Gasteiger charge is 2.48. The molecule has 2 amide bonds. The lowest BCUT2D eigenvalue weighted by atomic mass is 9.77. The van der Waals surface area contributed by atoms with Crippen LogP contribution in [0, 0.1) is 0 Å². The standard InChI is InChI=1S/C21H33N3O2/c1-6-7-8-15-9-11-17(12-10-15)23-18(25)19(26)24-20(2,3)13-16(22)14-21(24,4)5/h9-12,16H,6-8,13-14,22H2,1-5H3,(H,23,25). The van der Waals surface area contributed by atoms with Crippen molar-refractivity contribution in [1.29, 1.82) is 0 Å². The molecule has 5 heteroatoms.